The van der Waals surface area contributed by atoms with Gasteiger partial charge in [-0.05, 0) is 54.6 Å². The molecular formula is C22H21N3O4. The van der Waals surface area contributed by atoms with Crippen molar-refractivity contribution in [3.8, 4) is 11.5 Å². The minimum atomic E-state index is -0.395. The average Bonchev–Trinajstić information content (AvgIpc) is 2.74. The molecule has 7 heteroatoms. The molecule has 0 spiro atoms. The van der Waals surface area contributed by atoms with Gasteiger partial charge in [0.2, 0.25) is 0 Å². The van der Waals surface area contributed by atoms with E-state index in [4.69, 9.17) is 20.9 Å². The van der Waals surface area contributed by atoms with Crippen LogP contribution in [0.15, 0.2) is 60.7 Å². The zero-order valence-electron chi connectivity index (χ0n) is 16.1. The standard InChI is InChI=1S/C22H21N3O4/c1-28-15-9-6-13(7-10-15)22(27)25-20-16(4-3-5-17(20)23)21(26)14-8-11-19(29-2)18(24)12-14/h3-12H,23-24H2,1-2H3,(H,25,27). The molecule has 1 amide bonds. The van der Waals surface area contributed by atoms with Crippen LogP contribution in [0.1, 0.15) is 26.3 Å². The summed E-state index contributed by atoms with van der Waals surface area (Å²) in [6.45, 7) is 0. The number of rotatable bonds is 6. The number of ether oxygens (including phenoxy) is 2. The number of carbonyl (C=O) groups is 2. The fourth-order valence-electron chi connectivity index (χ4n) is 2.86. The SMILES string of the molecule is COc1ccc(C(=O)Nc2c(N)cccc2C(=O)c2ccc(OC)c(N)c2)cc1. The summed E-state index contributed by atoms with van der Waals surface area (Å²) in [4.78, 5) is 25.7. The number of nitrogens with two attached hydrogens (primary N) is 2. The summed E-state index contributed by atoms with van der Waals surface area (Å²) in [7, 11) is 3.04. The molecule has 29 heavy (non-hydrogen) atoms. The van der Waals surface area contributed by atoms with Gasteiger partial charge in [-0.25, -0.2) is 0 Å². The van der Waals surface area contributed by atoms with E-state index in [1.54, 1.807) is 61.7 Å². The molecule has 0 atom stereocenters. The third kappa shape index (κ3) is 4.14. The van der Waals surface area contributed by atoms with Crippen molar-refractivity contribution in [2.45, 2.75) is 0 Å². The third-order valence-electron chi connectivity index (χ3n) is 4.42. The number of hydrogen-bond acceptors (Lipinski definition) is 6. The second kappa shape index (κ2) is 8.35. The molecule has 5 N–H and O–H groups in total. The second-order valence-corrected chi connectivity index (χ2v) is 6.24. The lowest BCUT2D eigenvalue weighted by atomic mass is 9.99. The summed E-state index contributed by atoms with van der Waals surface area (Å²) in [5, 5.41) is 2.74. The fraction of sp³-hybridized carbons (Fsp3) is 0.0909. The summed E-state index contributed by atoms with van der Waals surface area (Å²) in [6.07, 6.45) is 0. The topological polar surface area (TPSA) is 117 Å². The molecule has 0 heterocycles. The van der Waals surface area contributed by atoms with Gasteiger partial charge in [0.05, 0.1) is 31.3 Å². The maximum absolute atomic E-state index is 13.1. The van der Waals surface area contributed by atoms with E-state index in [-0.39, 0.29) is 22.7 Å². The van der Waals surface area contributed by atoms with Gasteiger partial charge in [-0.15, -0.1) is 0 Å². The number of para-hydroxylation sites is 1. The van der Waals surface area contributed by atoms with E-state index < -0.39 is 5.91 Å². The number of methoxy groups -OCH3 is 2. The maximum atomic E-state index is 13.1. The number of amides is 1. The zero-order chi connectivity index (χ0) is 21.0. The molecule has 0 saturated carbocycles. The predicted molar refractivity (Wildman–Crippen MR) is 113 cm³/mol. The Bertz CT molecular complexity index is 1060. The number of carbonyl (C=O) groups excluding carboxylic acids is 2. The van der Waals surface area contributed by atoms with Crippen molar-refractivity contribution < 1.29 is 19.1 Å². The van der Waals surface area contributed by atoms with Gasteiger partial charge < -0.3 is 26.3 Å². The van der Waals surface area contributed by atoms with Gasteiger partial charge in [0, 0.05) is 16.7 Å². The highest BCUT2D eigenvalue weighted by atomic mass is 16.5. The summed E-state index contributed by atoms with van der Waals surface area (Å²) in [5.74, 6) is 0.390. The minimum absolute atomic E-state index is 0.243. The Balaban J connectivity index is 1.93. The highest BCUT2D eigenvalue weighted by Crippen LogP contribution is 2.29. The van der Waals surface area contributed by atoms with Crippen LogP contribution in [0.5, 0.6) is 11.5 Å². The number of anilines is 3. The molecule has 3 rings (SSSR count). The van der Waals surface area contributed by atoms with Crippen LogP contribution >= 0.6 is 0 Å². The van der Waals surface area contributed by atoms with Gasteiger partial charge in [-0.1, -0.05) is 6.07 Å². The smallest absolute Gasteiger partial charge is 0.255 e. The van der Waals surface area contributed by atoms with Crippen LogP contribution in [0, 0.1) is 0 Å². The van der Waals surface area contributed by atoms with Gasteiger partial charge in [0.25, 0.3) is 5.91 Å². The van der Waals surface area contributed by atoms with Crippen LogP contribution in [0.2, 0.25) is 0 Å². The Kier molecular flexibility index (Phi) is 5.69. The maximum Gasteiger partial charge on any atom is 0.255 e. The van der Waals surface area contributed by atoms with E-state index in [1.165, 1.54) is 13.2 Å². The van der Waals surface area contributed by atoms with E-state index in [0.29, 0.717) is 28.3 Å². The van der Waals surface area contributed by atoms with Gasteiger partial charge in [0.1, 0.15) is 11.5 Å². The highest BCUT2D eigenvalue weighted by Gasteiger charge is 2.19. The summed E-state index contributed by atoms with van der Waals surface area (Å²) >= 11 is 0. The van der Waals surface area contributed by atoms with E-state index >= 15 is 0 Å². The normalized spacial score (nSPS) is 10.3. The summed E-state index contributed by atoms with van der Waals surface area (Å²) in [6, 6.07) is 16.2. The Labute approximate surface area is 168 Å². The molecule has 0 radical (unpaired) electrons. The highest BCUT2D eigenvalue weighted by molar-refractivity contribution is 6.17. The van der Waals surface area contributed by atoms with Crippen LogP contribution in [0.25, 0.3) is 0 Å². The van der Waals surface area contributed by atoms with Gasteiger partial charge in [-0.3, -0.25) is 9.59 Å². The largest absolute Gasteiger partial charge is 0.497 e. The Hall–Kier alpha value is -4.00. The first-order chi connectivity index (χ1) is 13.9. The first-order valence-corrected chi connectivity index (χ1v) is 8.76. The van der Waals surface area contributed by atoms with Crippen molar-refractivity contribution in [1.29, 1.82) is 0 Å². The van der Waals surface area contributed by atoms with Crippen molar-refractivity contribution in [1.82, 2.24) is 0 Å². The zero-order valence-corrected chi connectivity index (χ0v) is 16.1. The van der Waals surface area contributed by atoms with Crippen LogP contribution in [-0.2, 0) is 0 Å². The van der Waals surface area contributed by atoms with E-state index in [2.05, 4.69) is 5.32 Å². The Morgan fingerprint density at radius 1 is 0.828 bits per heavy atom. The monoisotopic (exact) mass is 391 g/mol. The lowest BCUT2D eigenvalue weighted by molar-refractivity contribution is 0.102. The molecule has 148 valence electrons. The van der Waals surface area contributed by atoms with Crippen molar-refractivity contribution in [3.63, 3.8) is 0 Å². The van der Waals surface area contributed by atoms with Crippen molar-refractivity contribution in [3.05, 3.63) is 77.4 Å². The van der Waals surface area contributed by atoms with Crippen molar-refractivity contribution in [2.75, 3.05) is 31.0 Å². The number of nitrogen functional groups attached to an aromatic ring is 2. The molecule has 0 bridgehead atoms. The Morgan fingerprint density at radius 2 is 1.52 bits per heavy atom. The number of benzene rings is 3. The fourth-order valence-corrected chi connectivity index (χ4v) is 2.86. The molecular weight excluding hydrogens is 370 g/mol. The second-order valence-electron chi connectivity index (χ2n) is 6.24. The Morgan fingerprint density at radius 3 is 2.14 bits per heavy atom. The van der Waals surface area contributed by atoms with E-state index in [1.807, 2.05) is 0 Å². The van der Waals surface area contributed by atoms with Crippen molar-refractivity contribution >= 4 is 28.8 Å². The lowest BCUT2D eigenvalue weighted by Crippen LogP contribution is -2.17. The summed E-state index contributed by atoms with van der Waals surface area (Å²) < 4.78 is 10.2. The molecule has 3 aromatic rings. The average molecular weight is 391 g/mol. The van der Waals surface area contributed by atoms with Gasteiger partial charge in [-0.2, -0.15) is 0 Å². The molecule has 0 aliphatic rings. The molecule has 0 saturated heterocycles. The third-order valence-corrected chi connectivity index (χ3v) is 4.42. The van der Waals surface area contributed by atoms with Gasteiger partial charge in [0.15, 0.2) is 5.78 Å². The van der Waals surface area contributed by atoms with Crippen LogP contribution in [-0.4, -0.2) is 25.9 Å². The van der Waals surface area contributed by atoms with Crippen LogP contribution < -0.4 is 26.3 Å². The van der Waals surface area contributed by atoms with Gasteiger partial charge >= 0.3 is 0 Å². The number of ketones is 1. The number of nitrogens with one attached hydrogen (secondary N) is 1. The van der Waals surface area contributed by atoms with Crippen LogP contribution in [0.3, 0.4) is 0 Å². The predicted octanol–water partition coefficient (Wildman–Crippen LogP) is 3.35. The lowest BCUT2D eigenvalue weighted by Gasteiger charge is -2.14. The minimum Gasteiger partial charge on any atom is -0.497 e. The number of hydrogen-bond donors (Lipinski definition) is 3. The molecule has 0 aliphatic heterocycles. The van der Waals surface area contributed by atoms with Crippen molar-refractivity contribution in [2.24, 2.45) is 0 Å². The van der Waals surface area contributed by atoms with E-state index in [0.717, 1.165) is 0 Å². The van der Waals surface area contributed by atoms with Crippen LogP contribution in [0.4, 0.5) is 17.1 Å². The molecule has 0 fully saturated rings. The molecule has 3 aromatic carbocycles. The molecule has 0 aromatic heterocycles. The molecule has 7 nitrogen and oxygen atoms in total. The van der Waals surface area contributed by atoms with E-state index in [9.17, 15) is 9.59 Å². The first kappa shape index (κ1) is 19.8. The molecule has 0 aliphatic carbocycles. The summed E-state index contributed by atoms with van der Waals surface area (Å²) in [5.41, 5.74) is 13.8. The molecule has 0 unspecified atom stereocenters. The first-order valence-electron chi connectivity index (χ1n) is 8.76. The quantitative estimate of drug-likeness (QED) is 0.438.